The molecule has 1 aliphatic heterocycles. The van der Waals surface area contributed by atoms with Gasteiger partial charge in [-0.15, -0.1) is 0 Å². The van der Waals surface area contributed by atoms with Gasteiger partial charge in [0.2, 0.25) is 10.0 Å². The van der Waals surface area contributed by atoms with Gasteiger partial charge in [0.1, 0.15) is 0 Å². The SMILES string of the molecule is Cc1c(C)c(C)c(S(=O)(=O)Nc2ccc(S(=O)(=O)N3CCCCC3C)cc2)c(C)c1C. The summed E-state index contributed by atoms with van der Waals surface area (Å²) < 4.78 is 56.5. The van der Waals surface area contributed by atoms with Crippen LogP contribution >= 0.6 is 0 Å². The second kappa shape index (κ2) is 8.56. The zero-order valence-corrected chi connectivity index (χ0v) is 20.7. The van der Waals surface area contributed by atoms with Crippen LogP contribution in [0.2, 0.25) is 0 Å². The largest absolute Gasteiger partial charge is 0.280 e. The zero-order valence-electron chi connectivity index (χ0n) is 19.1. The predicted octanol–water partition coefficient (Wildman–Crippen LogP) is 4.59. The van der Waals surface area contributed by atoms with Crippen molar-refractivity contribution >= 4 is 25.7 Å². The average molecular weight is 465 g/mol. The van der Waals surface area contributed by atoms with Gasteiger partial charge in [-0.1, -0.05) is 6.42 Å². The molecule has 0 radical (unpaired) electrons. The molecule has 1 heterocycles. The van der Waals surface area contributed by atoms with Crippen LogP contribution in [0, 0.1) is 34.6 Å². The molecule has 3 rings (SSSR count). The molecule has 1 saturated heterocycles. The molecule has 2 aromatic carbocycles. The summed E-state index contributed by atoms with van der Waals surface area (Å²) in [6.45, 7) is 11.9. The van der Waals surface area contributed by atoms with Crippen molar-refractivity contribution in [3.63, 3.8) is 0 Å². The second-order valence-electron chi connectivity index (χ2n) is 8.54. The molecule has 0 bridgehead atoms. The van der Waals surface area contributed by atoms with Crippen LogP contribution in [-0.2, 0) is 20.0 Å². The molecule has 1 fully saturated rings. The van der Waals surface area contributed by atoms with E-state index >= 15 is 0 Å². The third-order valence-corrected chi connectivity index (χ3v) is 10.3. The van der Waals surface area contributed by atoms with E-state index in [1.807, 2.05) is 41.5 Å². The molecule has 1 atom stereocenters. The summed E-state index contributed by atoms with van der Waals surface area (Å²) in [4.78, 5) is 0.463. The highest BCUT2D eigenvalue weighted by Gasteiger charge is 2.31. The molecule has 1 N–H and O–H groups in total. The van der Waals surface area contributed by atoms with Gasteiger partial charge in [0.05, 0.1) is 9.79 Å². The Morgan fingerprint density at radius 3 is 1.84 bits per heavy atom. The topological polar surface area (TPSA) is 83.5 Å². The summed E-state index contributed by atoms with van der Waals surface area (Å²) >= 11 is 0. The molecule has 0 spiro atoms. The van der Waals surface area contributed by atoms with Crippen molar-refractivity contribution in [1.82, 2.24) is 4.31 Å². The van der Waals surface area contributed by atoms with Crippen molar-refractivity contribution in [3.8, 4) is 0 Å². The lowest BCUT2D eigenvalue weighted by molar-refractivity contribution is 0.268. The smallest absolute Gasteiger partial charge is 0.262 e. The van der Waals surface area contributed by atoms with Crippen LogP contribution in [0.4, 0.5) is 5.69 Å². The standard InChI is InChI=1S/C23H32N2O4S2/c1-15-9-7-8-14-25(15)31(28,29)22-12-10-21(11-13-22)24-30(26,27)23-19(5)17(3)16(2)18(4)20(23)6/h10-13,15,24H,7-9,14H2,1-6H3. The van der Waals surface area contributed by atoms with Gasteiger partial charge in [0.25, 0.3) is 10.0 Å². The van der Waals surface area contributed by atoms with Crippen LogP contribution in [0.15, 0.2) is 34.1 Å². The van der Waals surface area contributed by atoms with Crippen LogP contribution in [0.25, 0.3) is 0 Å². The molecule has 31 heavy (non-hydrogen) atoms. The fourth-order valence-corrected chi connectivity index (χ4v) is 7.69. The first-order valence-corrected chi connectivity index (χ1v) is 13.5. The number of anilines is 1. The number of nitrogens with one attached hydrogen (secondary N) is 1. The van der Waals surface area contributed by atoms with Gasteiger partial charge < -0.3 is 0 Å². The number of piperidine rings is 1. The normalized spacial score (nSPS) is 18.2. The fraction of sp³-hybridized carbons (Fsp3) is 0.478. The Morgan fingerprint density at radius 2 is 1.32 bits per heavy atom. The highest BCUT2D eigenvalue weighted by atomic mass is 32.2. The number of rotatable bonds is 5. The Balaban J connectivity index is 1.91. The molecular weight excluding hydrogens is 432 g/mol. The molecule has 2 aromatic rings. The summed E-state index contributed by atoms with van der Waals surface area (Å²) in [5, 5.41) is 0. The van der Waals surface area contributed by atoms with Crippen molar-refractivity contribution in [1.29, 1.82) is 0 Å². The van der Waals surface area contributed by atoms with Gasteiger partial charge in [0.15, 0.2) is 0 Å². The van der Waals surface area contributed by atoms with E-state index in [0.717, 1.165) is 47.1 Å². The Morgan fingerprint density at radius 1 is 0.806 bits per heavy atom. The van der Waals surface area contributed by atoms with Gasteiger partial charge in [-0.05, 0) is 106 Å². The lowest BCUT2D eigenvalue weighted by atomic mass is 9.95. The van der Waals surface area contributed by atoms with E-state index in [-0.39, 0.29) is 15.8 Å². The lowest BCUT2D eigenvalue weighted by Crippen LogP contribution is -2.41. The van der Waals surface area contributed by atoms with Crippen molar-refractivity contribution in [2.45, 2.75) is 76.6 Å². The van der Waals surface area contributed by atoms with E-state index < -0.39 is 20.0 Å². The van der Waals surface area contributed by atoms with E-state index in [1.54, 1.807) is 4.31 Å². The minimum Gasteiger partial charge on any atom is -0.280 e. The van der Waals surface area contributed by atoms with E-state index in [9.17, 15) is 16.8 Å². The van der Waals surface area contributed by atoms with Gasteiger partial charge in [0, 0.05) is 18.3 Å². The zero-order chi connectivity index (χ0) is 23.1. The highest BCUT2D eigenvalue weighted by molar-refractivity contribution is 7.92. The minimum absolute atomic E-state index is 0.0316. The number of sulfonamides is 2. The van der Waals surface area contributed by atoms with Crippen LogP contribution < -0.4 is 4.72 Å². The van der Waals surface area contributed by atoms with Gasteiger partial charge in [-0.2, -0.15) is 4.31 Å². The van der Waals surface area contributed by atoms with Crippen LogP contribution in [0.5, 0.6) is 0 Å². The number of hydrogen-bond donors (Lipinski definition) is 1. The average Bonchev–Trinajstić information content (AvgIpc) is 2.71. The van der Waals surface area contributed by atoms with Crippen molar-refractivity contribution in [3.05, 3.63) is 52.1 Å². The van der Waals surface area contributed by atoms with Crippen LogP contribution in [0.3, 0.4) is 0 Å². The first-order valence-electron chi connectivity index (χ1n) is 10.6. The molecule has 0 aliphatic carbocycles. The maximum Gasteiger partial charge on any atom is 0.262 e. The molecule has 0 amide bonds. The number of hydrogen-bond acceptors (Lipinski definition) is 4. The summed E-state index contributed by atoms with van der Waals surface area (Å²) in [6.07, 6.45) is 2.74. The number of benzene rings is 2. The van der Waals surface area contributed by atoms with Gasteiger partial charge in [-0.3, -0.25) is 4.72 Å². The molecule has 0 aromatic heterocycles. The Hall–Kier alpha value is -1.90. The lowest BCUT2D eigenvalue weighted by Gasteiger charge is -2.32. The quantitative estimate of drug-likeness (QED) is 0.701. The maximum absolute atomic E-state index is 13.2. The third kappa shape index (κ3) is 4.38. The van der Waals surface area contributed by atoms with E-state index in [0.29, 0.717) is 12.2 Å². The van der Waals surface area contributed by atoms with Crippen LogP contribution in [-0.4, -0.2) is 33.7 Å². The monoisotopic (exact) mass is 464 g/mol. The third-order valence-electron chi connectivity index (χ3n) is 6.66. The Labute approximate surface area is 186 Å². The van der Waals surface area contributed by atoms with E-state index in [2.05, 4.69) is 4.72 Å². The summed E-state index contributed by atoms with van der Waals surface area (Å²) in [7, 11) is -7.42. The van der Waals surface area contributed by atoms with Gasteiger partial charge in [-0.25, -0.2) is 16.8 Å². The van der Waals surface area contributed by atoms with Crippen molar-refractivity contribution in [2.75, 3.05) is 11.3 Å². The first kappa shape index (κ1) is 23.8. The minimum atomic E-state index is -3.82. The van der Waals surface area contributed by atoms with E-state index in [1.165, 1.54) is 24.3 Å². The second-order valence-corrected chi connectivity index (χ2v) is 12.1. The van der Waals surface area contributed by atoms with Gasteiger partial charge >= 0.3 is 0 Å². The maximum atomic E-state index is 13.2. The molecular formula is C23H32N2O4S2. The van der Waals surface area contributed by atoms with Crippen LogP contribution in [0.1, 0.15) is 54.0 Å². The molecule has 1 unspecified atom stereocenters. The molecule has 1 aliphatic rings. The van der Waals surface area contributed by atoms with E-state index in [4.69, 9.17) is 0 Å². The summed E-state index contributed by atoms with van der Waals surface area (Å²) in [5.74, 6) is 0. The molecule has 6 nitrogen and oxygen atoms in total. The molecule has 8 heteroatoms. The summed E-state index contributed by atoms with van der Waals surface area (Å²) in [6, 6.07) is 5.94. The van der Waals surface area contributed by atoms with Crippen molar-refractivity contribution < 1.29 is 16.8 Å². The number of nitrogens with zero attached hydrogens (tertiary/aromatic N) is 1. The first-order chi connectivity index (χ1) is 14.4. The highest BCUT2D eigenvalue weighted by Crippen LogP contribution is 2.31. The molecule has 0 saturated carbocycles. The van der Waals surface area contributed by atoms with Crippen molar-refractivity contribution in [2.24, 2.45) is 0 Å². The fourth-order valence-electron chi connectivity index (χ4n) is 4.33. The Kier molecular flexibility index (Phi) is 6.56. The predicted molar refractivity (Wildman–Crippen MR) is 125 cm³/mol. The Bertz CT molecular complexity index is 1170. The summed E-state index contributed by atoms with van der Waals surface area (Å²) in [5.41, 5.74) is 4.80. The molecule has 170 valence electrons.